The average Bonchev–Trinajstić information content (AvgIpc) is 3.31. The van der Waals surface area contributed by atoms with E-state index in [4.69, 9.17) is 16.1 Å². The van der Waals surface area contributed by atoms with Gasteiger partial charge in [-0.2, -0.15) is 4.98 Å². The molecule has 4 rings (SSSR count). The van der Waals surface area contributed by atoms with Gasteiger partial charge >= 0.3 is 0 Å². The lowest BCUT2D eigenvalue weighted by molar-refractivity contribution is 0.0710. The average molecular weight is 372 g/mol. The molecule has 132 valence electrons. The van der Waals surface area contributed by atoms with Crippen molar-refractivity contribution in [2.75, 3.05) is 6.54 Å². The standard InChI is InChI=1S/C19H15ClFN3O2/c20-14-7-3-13(4-8-14)19(25)24-11-1-2-16(24)18-22-17(23-26-18)12-5-9-15(21)10-6-12/h3-10,16H,1-2,11H2/t16-/m0/s1. The Morgan fingerprint density at radius 2 is 1.88 bits per heavy atom. The Labute approximate surface area is 154 Å². The van der Waals surface area contributed by atoms with Crippen molar-refractivity contribution in [2.24, 2.45) is 0 Å². The number of amides is 1. The summed E-state index contributed by atoms with van der Waals surface area (Å²) in [6.45, 7) is 0.625. The Morgan fingerprint density at radius 1 is 1.15 bits per heavy atom. The Balaban J connectivity index is 1.58. The van der Waals surface area contributed by atoms with Crippen LogP contribution in [0.2, 0.25) is 5.02 Å². The lowest BCUT2D eigenvalue weighted by atomic mass is 10.1. The number of halogens is 2. The molecule has 0 spiro atoms. The SMILES string of the molecule is O=C(c1ccc(Cl)cc1)N1CCC[C@H]1c1nc(-c2ccc(F)cc2)no1. The van der Waals surface area contributed by atoms with Crippen LogP contribution in [-0.2, 0) is 0 Å². The number of nitrogens with zero attached hydrogens (tertiary/aromatic N) is 3. The highest BCUT2D eigenvalue weighted by Crippen LogP contribution is 2.33. The quantitative estimate of drug-likeness (QED) is 0.679. The van der Waals surface area contributed by atoms with Crippen LogP contribution < -0.4 is 0 Å². The van der Waals surface area contributed by atoms with Gasteiger partial charge in [0, 0.05) is 22.7 Å². The van der Waals surface area contributed by atoms with E-state index in [0.29, 0.717) is 34.4 Å². The lowest BCUT2D eigenvalue weighted by Gasteiger charge is -2.21. The topological polar surface area (TPSA) is 59.2 Å². The maximum Gasteiger partial charge on any atom is 0.254 e. The summed E-state index contributed by atoms with van der Waals surface area (Å²) in [4.78, 5) is 19.0. The summed E-state index contributed by atoms with van der Waals surface area (Å²) < 4.78 is 18.5. The molecule has 5 nitrogen and oxygen atoms in total. The zero-order valence-corrected chi connectivity index (χ0v) is 14.5. The third-order valence-electron chi connectivity index (χ3n) is 4.43. The zero-order chi connectivity index (χ0) is 18.1. The molecule has 2 aromatic carbocycles. The van der Waals surface area contributed by atoms with E-state index in [0.717, 1.165) is 12.8 Å². The van der Waals surface area contributed by atoms with Crippen LogP contribution in [0.5, 0.6) is 0 Å². The highest BCUT2D eigenvalue weighted by molar-refractivity contribution is 6.30. The van der Waals surface area contributed by atoms with Crippen molar-refractivity contribution >= 4 is 17.5 Å². The third kappa shape index (κ3) is 3.20. The van der Waals surface area contributed by atoms with Crippen molar-refractivity contribution in [3.05, 3.63) is 70.8 Å². The highest BCUT2D eigenvalue weighted by Gasteiger charge is 2.34. The molecule has 1 saturated heterocycles. The summed E-state index contributed by atoms with van der Waals surface area (Å²) in [6, 6.07) is 12.4. The highest BCUT2D eigenvalue weighted by atomic mass is 35.5. The van der Waals surface area contributed by atoms with Gasteiger partial charge in [0.25, 0.3) is 5.91 Å². The van der Waals surface area contributed by atoms with Crippen LogP contribution in [0.25, 0.3) is 11.4 Å². The third-order valence-corrected chi connectivity index (χ3v) is 4.69. The van der Waals surface area contributed by atoms with Gasteiger partial charge in [-0.25, -0.2) is 4.39 Å². The molecular weight excluding hydrogens is 357 g/mol. The molecular formula is C19H15ClFN3O2. The first-order valence-electron chi connectivity index (χ1n) is 8.28. The number of aromatic nitrogens is 2. The second kappa shape index (κ2) is 6.88. The van der Waals surface area contributed by atoms with Crippen LogP contribution in [0, 0.1) is 5.82 Å². The van der Waals surface area contributed by atoms with Crippen LogP contribution in [0.15, 0.2) is 53.1 Å². The minimum absolute atomic E-state index is 0.0919. The van der Waals surface area contributed by atoms with Crippen LogP contribution >= 0.6 is 11.6 Å². The molecule has 0 unspecified atom stereocenters. The van der Waals surface area contributed by atoms with E-state index in [-0.39, 0.29) is 17.8 Å². The number of rotatable bonds is 3. The second-order valence-electron chi connectivity index (χ2n) is 6.13. The molecule has 1 aliphatic heterocycles. The number of benzene rings is 2. The molecule has 0 radical (unpaired) electrons. The number of likely N-dealkylation sites (tertiary alicyclic amines) is 1. The molecule has 0 saturated carbocycles. The molecule has 3 aromatic rings. The van der Waals surface area contributed by atoms with Gasteiger partial charge in [-0.1, -0.05) is 16.8 Å². The summed E-state index contributed by atoms with van der Waals surface area (Å²) in [5.74, 6) is 0.355. The Hall–Kier alpha value is -2.73. The summed E-state index contributed by atoms with van der Waals surface area (Å²) in [7, 11) is 0. The van der Waals surface area contributed by atoms with Gasteiger partial charge in [-0.05, 0) is 61.4 Å². The largest absolute Gasteiger partial charge is 0.337 e. The molecule has 1 fully saturated rings. The maximum atomic E-state index is 13.1. The van der Waals surface area contributed by atoms with E-state index >= 15 is 0 Å². The molecule has 2 heterocycles. The summed E-state index contributed by atoms with van der Waals surface area (Å²) in [5, 5.41) is 4.56. The van der Waals surface area contributed by atoms with Crippen LogP contribution in [-0.4, -0.2) is 27.5 Å². The number of hydrogen-bond donors (Lipinski definition) is 0. The first kappa shape index (κ1) is 16.7. The van der Waals surface area contributed by atoms with E-state index in [1.165, 1.54) is 12.1 Å². The Morgan fingerprint density at radius 3 is 2.62 bits per heavy atom. The summed E-state index contributed by atoms with van der Waals surface area (Å²) in [5.41, 5.74) is 1.23. The Kier molecular flexibility index (Phi) is 4.42. The van der Waals surface area contributed by atoms with E-state index in [2.05, 4.69) is 10.1 Å². The predicted molar refractivity (Wildman–Crippen MR) is 94.2 cm³/mol. The number of hydrogen-bond acceptors (Lipinski definition) is 4. The molecule has 26 heavy (non-hydrogen) atoms. The maximum absolute atomic E-state index is 13.1. The molecule has 0 N–H and O–H groups in total. The summed E-state index contributed by atoms with van der Waals surface area (Å²) in [6.07, 6.45) is 1.61. The van der Waals surface area contributed by atoms with Gasteiger partial charge in [-0.15, -0.1) is 0 Å². The van der Waals surface area contributed by atoms with Crippen molar-refractivity contribution in [3.8, 4) is 11.4 Å². The number of carbonyl (C=O) groups excluding carboxylic acids is 1. The first-order chi connectivity index (χ1) is 12.6. The molecule has 1 aliphatic rings. The second-order valence-corrected chi connectivity index (χ2v) is 6.56. The van der Waals surface area contributed by atoms with Crippen LogP contribution in [0.3, 0.4) is 0 Å². The van der Waals surface area contributed by atoms with E-state index < -0.39 is 0 Å². The van der Waals surface area contributed by atoms with Gasteiger partial charge in [-0.3, -0.25) is 4.79 Å². The summed E-state index contributed by atoms with van der Waals surface area (Å²) >= 11 is 5.89. The molecule has 1 aromatic heterocycles. The first-order valence-corrected chi connectivity index (χ1v) is 8.66. The molecule has 1 amide bonds. The zero-order valence-electron chi connectivity index (χ0n) is 13.7. The normalized spacial score (nSPS) is 16.8. The van der Waals surface area contributed by atoms with Crippen molar-refractivity contribution in [1.82, 2.24) is 15.0 Å². The minimum atomic E-state index is -0.326. The molecule has 0 aliphatic carbocycles. The van der Waals surface area contributed by atoms with Gasteiger partial charge < -0.3 is 9.42 Å². The lowest BCUT2D eigenvalue weighted by Crippen LogP contribution is -2.30. The fourth-order valence-electron chi connectivity index (χ4n) is 3.11. The van der Waals surface area contributed by atoms with Gasteiger partial charge in [0.15, 0.2) is 0 Å². The van der Waals surface area contributed by atoms with E-state index in [1.54, 1.807) is 41.3 Å². The van der Waals surface area contributed by atoms with Crippen LogP contribution in [0.1, 0.15) is 35.1 Å². The molecule has 7 heteroatoms. The fraction of sp³-hybridized carbons (Fsp3) is 0.211. The smallest absolute Gasteiger partial charge is 0.254 e. The molecule has 0 bridgehead atoms. The van der Waals surface area contributed by atoms with Crippen molar-refractivity contribution < 1.29 is 13.7 Å². The van der Waals surface area contributed by atoms with E-state index in [9.17, 15) is 9.18 Å². The van der Waals surface area contributed by atoms with Crippen LogP contribution in [0.4, 0.5) is 4.39 Å². The van der Waals surface area contributed by atoms with Gasteiger partial charge in [0.05, 0.1) is 0 Å². The Bertz CT molecular complexity index is 925. The van der Waals surface area contributed by atoms with Crippen molar-refractivity contribution in [3.63, 3.8) is 0 Å². The van der Waals surface area contributed by atoms with E-state index in [1.807, 2.05) is 0 Å². The van der Waals surface area contributed by atoms with Crippen molar-refractivity contribution in [2.45, 2.75) is 18.9 Å². The monoisotopic (exact) mass is 371 g/mol. The minimum Gasteiger partial charge on any atom is -0.337 e. The van der Waals surface area contributed by atoms with Gasteiger partial charge in [0.1, 0.15) is 11.9 Å². The molecule has 1 atom stereocenters. The van der Waals surface area contributed by atoms with Gasteiger partial charge in [0.2, 0.25) is 11.7 Å². The fourth-order valence-corrected chi connectivity index (χ4v) is 3.24. The van der Waals surface area contributed by atoms with Crippen molar-refractivity contribution in [1.29, 1.82) is 0 Å². The number of carbonyl (C=O) groups is 1. The predicted octanol–water partition coefficient (Wildman–Crippen LogP) is 4.51.